The second-order valence-corrected chi connectivity index (χ2v) is 6.41. The maximum absolute atomic E-state index is 10.7. The first-order valence-corrected chi connectivity index (χ1v) is 9.41. The fraction of sp³-hybridized carbons (Fsp3) is 0.850. The van der Waals surface area contributed by atoms with Crippen LogP contribution in [-0.2, 0) is 4.79 Å². The van der Waals surface area contributed by atoms with Gasteiger partial charge in [0.25, 0.3) is 0 Å². The molecule has 1 heteroatoms. The Morgan fingerprint density at radius 2 is 1.10 bits per heavy atom. The van der Waals surface area contributed by atoms with E-state index in [-0.39, 0.29) is 5.78 Å². The summed E-state index contributed by atoms with van der Waals surface area (Å²) in [5, 5.41) is 0. The molecule has 0 saturated carbocycles. The van der Waals surface area contributed by atoms with E-state index < -0.39 is 0 Å². The number of allylic oxidation sites excluding steroid dienone is 2. The molecule has 0 spiro atoms. The van der Waals surface area contributed by atoms with E-state index in [9.17, 15) is 4.79 Å². The minimum Gasteiger partial charge on any atom is -0.300 e. The van der Waals surface area contributed by atoms with Crippen molar-refractivity contribution < 1.29 is 4.79 Å². The highest BCUT2D eigenvalue weighted by molar-refractivity contribution is 5.76. The van der Waals surface area contributed by atoms with Crippen LogP contribution in [0, 0.1) is 0 Å². The summed E-state index contributed by atoms with van der Waals surface area (Å²) in [5.41, 5.74) is 0. The summed E-state index contributed by atoms with van der Waals surface area (Å²) in [6.07, 6.45) is 24.2. The van der Waals surface area contributed by atoms with E-state index in [4.69, 9.17) is 0 Å². The summed E-state index contributed by atoms with van der Waals surface area (Å²) in [6.45, 7) is 3.93. The third-order valence-electron chi connectivity index (χ3n) is 4.05. The van der Waals surface area contributed by atoms with Crippen LogP contribution in [0.15, 0.2) is 12.2 Å². The summed E-state index contributed by atoms with van der Waals surface area (Å²) in [4.78, 5) is 10.7. The van der Waals surface area contributed by atoms with Crippen LogP contribution in [0.5, 0.6) is 0 Å². The Morgan fingerprint density at radius 1 is 0.667 bits per heavy atom. The maximum Gasteiger partial charge on any atom is 0.133 e. The summed E-state index contributed by atoms with van der Waals surface area (Å²) in [7, 11) is 0. The van der Waals surface area contributed by atoms with E-state index in [1.54, 1.807) is 6.92 Å². The normalized spacial score (nSPS) is 11.3. The summed E-state index contributed by atoms with van der Waals surface area (Å²) >= 11 is 0. The minimum atomic E-state index is 0.261. The molecule has 0 unspecified atom stereocenters. The van der Waals surface area contributed by atoms with Gasteiger partial charge in [-0.25, -0.2) is 0 Å². The van der Waals surface area contributed by atoms with E-state index in [1.165, 1.54) is 83.5 Å². The molecule has 0 saturated heterocycles. The van der Waals surface area contributed by atoms with Gasteiger partial charge in [-0.05, 0) is 19.8 Å². The number of ketones is 1. The molecule has 0 bridgehead atoms. The van der Waals surface area contributed by atoms with Crippen molar-refractivity contribution in [3.8, 4) is 0 Å². The minimum absolute atomic E-state index is 0.261. The van der Waals surface area contributed by atoms with E-state index in [0.29, 0.717) is 6.42 Å². The van der Waals surface area contributed by atoms with Gasteiger partial charge in [0, 0.05) is 6.42 Å². The van der Waals surface area contributed by atoms with Crippen molar-refractivity contribution in [1.82, 2.24) is 0 Å². The monoisotopic (exact) mass is 294 g/mol. The van der Waals surface area contributed by atoms with Gasteiger partial charge in [-0.3, -0.25) is 4.79 Å². The lowest BCUT2D eigenvalue weighted by atomic mass is 10.0. The highest BCUT2D eigenvalue weighted by Gasteiger charge is 1.93. The van der Waals surface area contributed by atoms with Gasteiger partial charge in [-0.15, -0.1) is 0 Å². The molecule has 0 heterocycles. The molecule has 0 atom stereocenters. The zero-order valence-electron chi connectivity index (χ0n) is 14.7. The molecule has 0 amide bonds. The summed E-state index contributed by atoms with van der Waals surface area (Å²) < 4.78 is 0. The van der Waals surface area contributed by atoms with Crippen LogP contribution in [0.25, 0.3) is 0 Å². The Kier molecular flexibility index (Phi) is 17.0. The van der Waals surface area contributed by atoms with Crippen molar-refractivity contribution in [2.45, 2.75) is 110 Å². The standard InChI is InChI=1S/C20H38O/c1-3-4-5-6-7-8-9-10-11-12-13-14-15-16-17-18-19-20(2)21/h17-18H,3-16,19H2,1-2H3/b18-17+. The van der Waals surface area contributed by atoms with Crippen molar-refractivity contribution in [3.63, 3.8) is 0 Å². The van der Waals surface area contributed by atoms with Gasteiger partial charge in [0.2, 0.25) is 0 Å². The van der Waals surface area contributed by atoms with Gasteiger partial charge < -0.3 is 0 Å². The summed E-state index contributed by atoms with van der Waals surface area (Å²) in [5.74, 6) is 0.261. The fourth-order valence-corrected chi connectivity index (χ4v) is 2.65. The van der Waals surface area contributed by atoms with E-state index in [0.717, 1.165) is 6.42 Å². The molecule has 0 aliphatic carbocycles. The zero-order valence-corrected chi connectivity index (χ0v) is 14.7. The van der Waals surface area contributed by atoms with Crippen LogP contribution in [0.3, 0.4) is 0 Å². The fourth-order valence-electron chi connectivity index (χ4n) is 2.65. The Balaban J connectivity index is 3.02. The average Bonchev–Trinajstić information content (AvgIpc) is 2.46. The largest absolute Gasteiger partial charge is 0.300 e. The average molecular weight is 295 g/mol. The van der Waals surface area contributed by atoms with Crippen LogP contribution < -0.4 is 0 Å². The molecule has 124 valence electrons. The van der Waals surface area contributed by atoms with Crippen molar-refractivity contribution in [3.05, 3.63) is 12.2 Å². The quantitative estimate of drug-likeness (QED) is 0.221. The Labute approximate surface area is 133 Å². The molecule has 0 aromatic carbocycles. The number of rotatable bonds is 16. The Bertz CT molecular complexity index is 242. The number of Topliss-reactive ketones (excluding diaryl/α,β-unsaturated/α-hetero) is 1. The maximum atomic E-state index is 10.7. The lowest BCUT2D eigenvalue weighted by Gasteiger charge is -2.02. The number of carbonyl (C=O) groups excluding carboxylic acids is 1. The van der Waals surface area contributed by atoms with Gasteiger partial charge in [0.05, 0.1) is 0 Å². The number of hydrogen-bond acceptors (Lipinski definition) is 1. The Hall–Kier alpha value is -0.590. The van der Waals surface area contributed by atoms with Crippen molar-refractivity contribution in [2.75, 3.05) is 0 Å². The first-order valence-electron chi connectivity index (χ1n) is 9.41. The predicted octanol–water partition coefficient (Wildman–Crippen LogP) is 7.00. The van der Waals surface area contributed by atoms with Crippen LogP contribution >= 0.6 is 0 Å². The molecular weight excluding hydrogens is 256 g/mol. The lowest BCUT2D eigenvalue weighted by Crippen LogP contribution is -1.84. The molecule has 0 fully saturated rings. The second-order valence-electron chi connectivity index (χ2n) is 6.41. The van der Waals surface area contributed by atoms with Gasteiger partial charge >= 0.3 is 0 Å². The highest BCUT2D eigenvalue weighted by atomic mass is 16.1. The van der Waals surface area contributed by atoms with Gasteiger partial charge in [-0.2, -0.15) is 0 Å². The third-order valence-corrected chi connectivity index (χ3v) is 4.05. The molecule has 0 aromatic heterocycles. The third kappa shape index (κ3) is 19.4. The second kappa shape index (κ2) is 17.5. The van der Waals surface area contributed by atoms with Crippen LogP contribution in [0.1, 0.15) is 110 Å². The number of hydrogen-bond donors (Lipinski definition) is 0. The van der Waals surface area contributed by atoms with Gasteiger partial charge in [-0.1, -0.05) is 96.1 Å². The van der Waals surface area contributed by atoms with Crippen molar-refractivity contribution in [2.24, 2.45) is 0 Å². The van der Waals surface area contributed by atoms with Crippen molar-refractivity contribution >= 4 is 5.78 Å². The molecule has 21 heavy (non-hydrogen) atoms. The van der Waals surface area contributed by atoms with Crippen LogP contribution in [0.2, 0.25) is 0 Å². The predicted molar refractivity (Wildman–Crippen MR) is 94.8 cm³/mol. The molecular formula is C20H38O. The van der Waals surface area contributed by atoms with E-state index in [1.807, 2.05) is 6.08 Å². The molecule has 0 aliphatic rings. The lowest BCUT2D eigenvalue weighted by molar-refractivity contribution is -0.116. The molecule has 0 aromatic rings. The van der Waals surface area contributed by atoms with Gasteiger partial charge in [0.15, 0.2) is 0 Å². The first-order chi connectivity index (χ1) is 10.3. The molecule has 0 aliphatic heterocycles. The molecule has 0 N–H and O–H groups in total. The number of unbranched alkanes of at least 4 members (excludes halogenated alkanes) is 13. The molecule has 0 rings (SSSR count). The Morgan fingerprint density at radius 3 is 1.52 bits per heavy atom. The van der Waals surface area contributed by atoms with E-state index >= 15 is 0 Å². The van der Waals surface area contributed by atoms with Crippen LogP contribution in [-0.4, -0.2) is 5.78 Å². The van der Waals surface area contributed by atoms with Crippen molar-refractivity contribution in [1.29, 1.82) is 0 Å². The SMILES string of the molecule is CCCCCCCCCCCCCCC/C=C/CC(C)=O. The van der Waals surface area contributed by atoms with Gasteiger partial charge in [0.1, 0.15) is 5.78 Å². The zero-order chi connectivity index (χ0) is 15.6. The van der Waals surface area contributed by atoms with E-state index in [2.05, 4.69) is 13.0 Å². The topological polar surface area (TPSA) is 17.1 Å². The highest BCUT2D eigenvalue weighted by Crippen LogP contribution is 2.13. The smallest absolute Gasteiger partial charge is 0.133 e. The summed E-state index contributed by atoms with van der Waals surface area (Å²) in [6, 6.07) is 0. The molecule has 1 nitrogen and oxygen atoms in total. The first kappa shape index (κ1) is 20.4. The van der Waals surface area contributed by atoms with Crippen LogP contribution in [0.4, 0.5) is 0 Å². The number of carbonyl (C=O) groups is 1. The molecule has 0 radical (unpaired) electrons.